The lowest BCUT2D eigenvalue weighted by molar-refractivity contribution is 0.115. The fourth-order valence-corrected chi connectivity index (χ4v) is 4.28. The maximum Gasteiger partial charge on any atom is 0.209 e. The van der Waals surface area contributed by atoms with E-state index in [1.54, 1.807) is 6.07 Å². The predicted octanol–water partition coefficient (Wildman–Crippen LogP) is 3.10. The van der Waals surface area contributed by atoms with Crippen molar-refractivity contribution in [2.45, 2.75) is 32.1 Å². The van der Waals surface area contributed by atoms with Crippen LogP contribution in [0, 0.1) is 11.2 Å². The molecule has 1 aromatic rings. The van der Waals surface area contributed by atoms with Crippen LogP contribution in [0.15, 0.2) is 18.2 Å². The molecule has 21 heavy (non-hydrogen) atoms. The van der Waals surface area contributed by atoms with E-state index in [0.717, 1.165) is 19.3 Å². The van der Waals surface area contributed by atoms with E-state index in [1.807, 2.05) is 0 Å². The molecule has 0 heterocycles. The van der Waals surface area contributed by atoms with Crippen LogP contribution in [0.3, 0.4) is 0 Å². The molecule has 0 radical (unpaired) electrons. The summed E-state index contributed by atoms with van der Waals surface area (Å²) in [4.78, 5) is 0. The smallest absolute Gasteiger partial charge is 0.209 e. The second kappa shape index (κ2) is 6.50. The van der Waals surface area contributed by atoms with Crippen molar-refractivity contribution in [1.29, 1.82) is 0 Å². The van der Waals surface area contributed by atoms with Gasteiger partial charge in [-0.3, -0.25) is 0 Å². The highest BCUT2D eigenvalue weighted by molar-refractivity contribution is 7.89. The van der Waals surface area contributed by atoms with E-state index in [-0.39, 0.29) is 23.1 Å². The van der Waals surface area contributed by atoms with Crippen LogP contribution in [0.4, 0.5) is 4.39 Å². The third-order valence-corrected chi connectivity index (χ3v) is 5.18. The van der Waals surface area contributed by atoms with E-state index in [9.17, 15) is 12.8 Å². The summed E-state index contributed by atoms with van der Waals surface area (Å²) in [6.45, 7) is 0.126. The Morgan fingerprint density at radius 3 is 2.57 bits per heavy atom. The Kier molecular flexibility index (Phi) is 5.11. The zero-order valence-electron chi connectivity index (χ0n) is 11.6. The molecule has 4 nitrogen and oxygen atoms in total. The molecule has 0 unspecified atom stereocenters. The number of halogens is 2. The van der Waals surface area contributed by atoms with Gasteiger partial charge < -0.3 is 4.74 Å². The Balaban J connectivity index is 2.14. The number of primary sulfonamides is 1. The molecular formula is C14H19ClFNO3S. The highest BCUT2D eigenvalue weighted by atomic mass is 35.5. The van der Waals surface area contributed by atoms with Crippen LogP contribution in [0.25, 0.3) is 0 Å². The minimum atomic E-state index is -3.60. The molecule has 1 aromatic carbocycles. The van der Waals surface area contributed by atoms with Crippen LogP contribution < -0.4 is 9.88 Å². The third-order valence-electron chi connectivity index (χ3n) is 3.87. The molecule has 2 N–H and O–H groups in total. The lowest BCUT2D eigenvalue weighted by Crippen LogP contribution is -2.40. The van der Waals surface area contributed by atoms with Crippen molar-refractivity contribution in [2.75, 3.05) is 12.4 Å². The Morgan fingerprint density at radius 1 is 1.29 bits per heavy atom. The molecule has 1 aliphatic carbocycles. The van der Waals surface area contributed by atoms with Crippen molar-refractivity contribution in [3.8, 4) is 5.75 Å². The number of ether oxygens (including phenoxy) is 1. The summed E-state index contributed by atoms with van der Waals surface area (Å²) < 4.78 is 42.3. The Hall–Kier alpha value is -0.850. The van der Waals surface area contributed by atoms with Crippen molar-refractivity contribution in [3.05, 3.63) is 29.0 Å². The third kappa shape index (κ3) is 4.56. The monoisotopic (exact) mass is 335 g/mol. The standard InChI is InChI=1S/C14H19ClFNO3S/c15-11-5-4-6-12(13(11)16)20-9-14(10-21(17,18)19)7-2-1-3-8-14/h4-6H,1-3,7-10H2,(H2,17,18,19). The minimum Gasteiger partial charge on any atom is -0.490 e. The van der Waals surface area contributed by atoms with Crippen molar-refractivity contribution in [1.82, 2.24) is 0 Å². The normalized spacial score (nSPS) is 18.4. The molecule has 0 bridgehead atoms. The van der Waals surface area contributed by atoms with Crippen LogP contribution in [0.2, 0.25) is 5.02 Å². The molecule has 118 valence electrons. The summed E-state index contributed by atoms with van der Waals surface area (Å²) in [6.07, 6.45) is 4.35. The fourth-order valence-electron chi connectivity index (χ4n) is 2.89. The molecule has 0 aliphatic heterocycles. The van der Waals surface area contributed by atoms with Gasteiger partial charge in [-0.15, -0.1) is 0 Å². The van der Waals surface area contributed by atoms with Gasteiger partial charge in [-0.25, -0.2) is 17.9 Å². The van der Waals surface area contributed by atoms with Crippen molar-refractivity contribution in [2.24, 2.45) is 10.6 Å². The SMILES string of the molecule is NS(=O)(=O)CC1(COc2cccc(Cl)c2F)CCCCC1. The van der Waals surface area contributed by atoms with Crippen LogP contribution in [0.5, 0.6) is 5.75 Å². The van der Waals surface area contributed by atoms with Crippen molar-refractivity contribution < 1.29 is 17.5 Å². The average Bonchev–Trinajstić information content (AvgIpc) is 2.40. The first kappa shape index (κ1) is 16.5. The lowest BCUT2D eigenvalue weighted by Gasteiger charge is -2.36. The van der Waals surface area contributed by atoms with E-state index >= 15 is 0 Å². The lowest BCUT2D eigenvalue weighted by atomic mass is 9.76. The van der Waals surface area contributed by atoms with Crippen LogP contribution in [0.1, 0.15) is 32.1 Å². The van der Waals surface area contributed by atoms with Gasteiger partial charge in [-0.2, -0.15) is 0 Å². The number of hydrogen-bond acceptors (Lipinski definition) is 3. The summed E-state index contributed by atoms with van der Waals surface area (Å²) in [6, 6.07) is 4.51. The molecule has 0 aromatic heterocycles. The molecule has 1 fully saturated rings. The first-order chi connectivity index (χ1) is 9.81. The van der Waals surface area contributed by atoms with Gasteiger partial charge in [0.05, 0.1) is 17.4 Å². The zero-order valence-corrected chi connectivity index (χ0v) is 13.2. The zero-order chi connectivity index (χ0) is 15.5. The van der Waals surface area contributed by atoms with E-state index in [2.05, 4.69) is 0 Å². The van der Waals surface area contributed by atoms with E-state index in [0.29, 0.717) is 12.8 Å². The summed E-state index contributed by atoms with van der Waals surface area (Å²) >= 11 is 5.71. The van der Waals surface area contributed by atoms with Gasteiger partial charge in [0.2, 0.25) is 10.0 Å². The van der Waals surface area contributed by atoms with Crippen LogP contribution in [-0.4, -0.2) is 20.8 Å². The number of sulfonamides is 1. The second-order valence-electron chi connectivity index (χ2n) is 5.71. The molecule has 0 spiro atoms. The first-order valence-corrected chi connectivity index (χ1v) is 8.98. The van der Waals surface area contributed by atoms with Gasteiger partial charge in [0.1, 0.15) is 0 Å². The molecule has 2 rings (SSSR count). The Labute approximate surface area is 129 Å². The quantitative estimate of drug-likeness (QED) is 0.898. The van der Waals surface area contributed by atoms with Gasteiger partial charge in [0.15, 0.2) is 11.6 Å². The largest absolute Gasteiger partial charge is 0.490 e. The summed E-state index contributed by atoms with van der Waals surface area (Å²) in [5.74, 6) is -0.718. The molecule has 7 heteroatoms. The summed E-state index contributed by atoms with van der Waals surface area (Å²) in [5, 5.41) is 5.18. The van der Waals surface area contributed by atoms with Crippen LogP contribution >= 0.6 is 11.6 Å². The molecule has 1 aliphatic rings. The summed E-state index contributed by atoms with van der Waals surface area (Å²) in [7, 11) is -3.60. The Morgan fingerprint density at radius 2 is 1.95 bits per heavy atom. The molecule has 1 saturated carbocycles. The van der Waals surface area contributed by atoms with Gasteiger partial charge in [-0.05, 0) is 25.0 Å². The molecule has 0 saturated heterocycles. The predicted molar refractivity (Wildman–Crippen MR) is 80.4 cm³/mol. The number of hydrogen-bond donors (Lipinski definition) is 1. The van der Waals surface area contributed by atoms with E-state index < -0.39 is 21.3 Å². The van der Waals surface area contributed by atoms with Crippen molar-refractivity contribution >= 4 is 21.6 Å². The second-order valence-corrected chi connectivity index (χ2v) is 7.73. The fraction of sp³-hybridized carbons (Fsp3) is 0.571. The van der Waals surface area contributed by atoms with Crippen LogP contribution in [-0.2, 0) is 10.0 Å². The van der Waals surface area contributed by atoms with Gasteiger partial charge >= 0.3 is 0 Å². The van der Waals surface area contributed by atoms with Gasteiger partial charge in [0.25, 0.3) is 0 Å². The maximum absolute atomic E-state index is 13.8. The van der Waals surface area contributed by atoms with Gasteiger partial charge in [0, 0.05) is 5.41 Å². The van der Waals surface area contributed by atoms with Gasteiger partial charge in [-0.1, -0.05) is 36.9 Å². The molecule has 0 amide bonds. The highest BCUT2D eigenvalue weighted by Gasteiger charge is 2.36. The summed E-state index contributed by atoms with van der Waals surface area (Å²) in [5.41, 5.74) is -0.541. The number of benzene rings is 1. The van der Waals surface area contributed by atoms with E-state index in [1.165, 1.54) is 12.1 Å². The topological polar surface area (TPSA) is 69.4 Å². The van der Waals surface area contributed by atoms with E-state index in [4.69, 9.17) is 21.5 Å². The Bertz CT molecular complexity index is 600. The average molecular weight is 336 g/mol. The number of nitrogens with two attached hydrogens (primary N) is 1. The number of rotatable bonds is 5. The first-order valence-electron chi connectivity index (χ1n) is 6.89. The highest BCUT2D eigenvalue weighted by Crippen LogP contribution is 2.38. The molecule has 0 atom stereocenters. The minimum absolute atomic E-state index is 0.0170. The maximum atomic E-state index is 13.8. The molecular weight excluding hydrogens is 317 g/mol. The van der Waals surface area contributed by atoms with Crippen molar-refractivity contribution in [3.63, 3.8) is 0 Å².